The van der Waals surface area contributed by atoms with Crippen LogP contribution in [0.4, 0.5) is 0 Å². The number of rotatable bonds is 5. The van der Waals surface area contributed by atoms with Crippen LogP contribution in [-0.2, 0) is 6.42 Å². The van der Waals surface area contributed by atoms with Gasteiger partial charge in [-0.05, 0) is 31.6 Å². The molecule has 0 radical (unpaired) electrons. The molecule has 1 aliphatic rings. The molecule has 0 N–H and O–H groups in total. The third-order valence-electron chi connectivity index (χ3n) is 3.49. The Morgan fingerprint density at radius 3 is 3.00 bits per heavy atom. The molecule has 1 aliphatic carbocycles. The molecule has 0 saturated heterocycles. The maximum atomic E-state index is 5.63. The second-order valence-electron chi connectivity index (χ2n) is 4.62. The first-order chi connectivity index (χ1) is 7.83. The Bertz CT molecular complexity index is 327. The van der Waals surface area contributed by atoms with E-state index in [-0.39, 0.29) is 0 Å². The van der Waals surface area contributed by atoms with E-state index >= 15 is 0 Å². The van der Waals surface area contributed by atoms with Gasteiger partial charge in [0.05, 0.1) is 0 Å². The molecule has 0 spiro atoms. The molecule has 3 nitrogen and oxygen atoms in total. The number of aryl methyl sites for hydroxylation is 1. The summed E-state index contributed by atoms with van der Waals surface area (Å²) in [5.74, 6) is 3.70. The summed E-state index contributed by atoms with van der Waals surface area (Å²) in [4.78, 5) is 4.46. The van der Waals surface area contributed by atoms with E-state index in [1.807, 2.05) is 0 Å². The van der Waals surface area contributed by atoms with Gasteiger partial charge in [0.25, 0.3) is 0 Å². The largest absolute Gasteiger partial charge is 0.339 e. The molecule has 90 valence electrons. The summed E-state index contributed by atoms with van der Waals surface area (Å²) in [6.45, 7) is 2.26. The lowest BCUT2D eigenvalue weighted by atomic mass is 10.0. The quantitative estimate of drug-likeness (QED) is 0.742. The Hall–Kier alpha value is -0.570. The highest BCUT2D eigenvalue weighted by Crippen LogP contribution is 2.38. The average molecular weight is 243 g/mol. The monoisotopic (exact) mass is 242 g/mol. The van der Waals surface area contributed by atoms with Crippen molar-refractivity contribution in [3.63, 3.8) is 0 Å². The smallest absolute Gasteiger partial charge is 0.226 e. The van der Waals surface area contributed by atoms with Crippen LogP contribution in [0.25, 0.3) is 0 Å². The molecule has 1 fully saturated rings. The van der Waals surface area contributed by atoms with Crippen LogP contribution < -0.4 is 0 Å². The molecule has 1 aromatic rings. The molecule has 0 amide bonds. The van der Waals surface area contributed by atoms with E-state index in [2.05, 4.69) is 17.1 Å². The van der Waals surface area contributed by atoms with Crippen molar-refractivity contribution in [2.24, 2.45) is 5.92 Å². The zero-order chi connectivity index (χ0) is 11.4. The summed E-state index contributed by atoms with van der Waals surface area (Å²) in [5, 5.41) is 4.09. The van der Waals surface area contributed by atoms with Gasteiger partial charge in [-0.15, -0.1) is 11.6 Å². The van der Waals surface area contributed by atoms with E-state index in [4.69, 9.17) is 16.1 Å². The fraction of sp³-hybridized carbons (Fsp3) is 0.833. The summed E-state index contributed by atoms with van der Waals surface area (Å²) in [5.41, 5.74) is 0. The molecule has 1 heterocycles. The summed E-state index contributed by atoms with van der Waals surface area (Å²) in [6.07, 6.45) is 6.74. The number of aromatic nitrogens is 2. The van der Waals surface area contributed by atoms with Crippen molar-refractivity contribution < 1.29 is 4.52 Å². The number of hydrogen-bond acceptors (Lipinski definition) is 3. The highest BCUT2D eigenvalue weighted by atomic mass is 35.5. The fourth-order valence-electron chi connectivity index (χ4n) is 2.43. The second kappa shape index (κ2) is 5.67. The highest BCUT2D eigenvalue weighted by molar-refractivity contribution is 6.17. The van der Waals surface area contributed by atoms with Gasteiger partial charge in [-0.25, -0.2) is 0 Å². The molecule has 16 heavy (non-hydrogen) atoms. The van der Waals surface area contributed by atoms with Gasteiger partial charge in [0.15, 0.2) is 5.82 Å². The molecule has 0 aromatic carbocycles. The van der Waals surface area contributed by atoms with Crippen molar-refractivity contribution >= 4 is 11.6 Å². The van der Waals surface area contributed by atoms with E-state index in [0.717, 1.165) is 30.5 Å². The third kappa shape index (κ3) is 2.76. The van der Waals surface area contributed by atoms with Crippen LogP contribution in [0.5, 0.6) is 0 Å². The van der Waals surface area contributed by atoms with Gasteiger partial charge in [-0.3, -0.25) is 0 Å². The molecular formula is C12H19ClN2O. The molecular weight excluding hydrogens is 224 g/mol. The van der Waals surface area contributed by atoms with Crippen molar-refractivity contribution in [3.8, 4) is 0 Å². The SMILES string of the molecule is CCC1CCC(c2noc(CCCCl)n2)C1. The van der Waals surface area contributed by atoms with Crippen LogP contribution in [0.15, 0.2) is 4.52 Å². The van der Waals surface area contributed by atoms with E-state index in [9.17, 15) is 0 Å². The van der Waals surface area contributed by atoms with Crippen molar-refractivity contribution in [2.75, 3.05) is 5.88 Å². The first-order valence-electron chi connectivity index (χ1n) is 6.22. The van der Waals surface area contributed by atoms with E-state index in [1.165, 1.54) is 25.7 Å². The molecule has 1 aromatic heterocycles. The van der Waals surface area contributed by atoms with E-state index < -0.39 is 0 Å². The molecule has 2 atom stereocenters. The standard InChI is InChI=1S/C12H19ClN2O/c1-2-9-5-6-10(8-9)12-14-11(16-15-12)4-3-7-13/h9-10H,2-8H2,1H3. The number of nitrogens with zero attached hydrogens (tertiary/aromatic N) is 2. The predicted molar refractivity (Wildman–Crippen MR) is 63.7 cm³/mol. The normalized spacial score (nSPS) is 25.1. The minimum atomic E-state index is 0.526. The van der Waals surface area contributed by atoms with Crippen LogP contribution in [0.2, 0.25) is 0 Å². The lowest BCUT2D eigenvalue weighted by Gasteiger charge is -2.04. The predicted octanol–water partition coefficient (Wildman–Crippen LogP) is 3.53. The zero-order valence-corrected chi connectivity index (χ0v) is 10.5. The molecule has 0 bridgehead atoms. The molecule has 1 saturated carbocycles. The number of halogens is 1. The maximum absolute atomic E-state index is 5.63. The van der Waals surface area contributed by atoms with E-state index in [1.54, 1.807) is 0 Å². The maximum Gasteiger partial charge on any atom is 0.226 e. The number of alkyl halides is 1. The van der Waals surface area contributed by atoms with Gasteiger partial charge < -0.3 is 4.52 Å². The van der Waals surface area contributed by atoms with Crippen LogP contribution in [-0.4, -0.2) is 16.0 Å². The summed E-state index contributed by atoms with van der Waals surface area (Å²) in [6, 6.07) is 0. The Kier molecular flexibility index (Phi) is 4.22. The molecule has 2 rings (SSSR count). The topological polar surface area (TPSA) is 38.9 Å². The van der Waals surface area contributed by atoms with Crippen molar-refractivity contribution in [2.45, 2.75) is 51.4 Å². The summed E-state index contributed by atoms with van der Waals surface area (Å²) in [7, 11) is 0. The minimum absolute atomic E-state index is 0.526. The van der Waals surface area contributed by atoms with Gasteiger partial charge in [-0.2, -0.15) is 4.98 Å². The second-order valence-corrected chi connectivity index (χ2v) is 5.00. The van der Waals surface area contributed by atoms with Gasteiger partial charge in [0.1, 0.15) is 0 Å². The van der Waals surface area contributed by atoms with Crippen molar-refractivity contribution in [1.29, 1.82) is 0 Å². The minimum Gasteiger partial charge on any atom is -0.339 e. The van der Waals surface area contributed by atoms with Crippen LogP contribution >= 0.6 is 11.6 Å². The average Bonchev–Trinajstić information content (AvgIpc) is 2.94. The van der Waals surface area contributed by atoms with Crippen molar-refractivity contribution in [3.05, 3.63) is 11.7 Å². The Labute approximate surface area is 102 Å². The third-order valence-corrected chi connectivity index (χ3v) is 3.76. The summed E-state index contributed by atoms with van der Waals surface area (Å²) >= 11 is 5.63. The number of hydrogen-bond donors (Lipinski definition) is 0. The van der Waals surface area contributed by atoms with Gasteiger partial charge >= 0.3 is 0 Å². The van der Waals surface area contributed by atoms with Crippen LogP contribution in [0.3, 0.4) is 0 Å². The zero-order valence-electron chi connectivity index (χ0n) is 9.79. The Morgan fingerprint density at radius 1 is 1.44 bits per heavy atom. The van der Waals surface area contributed by atoms with Crippen LogP contribution in [0.1, 0.15) is 56.7 Å². The van der Waals surface area contributed by atoms with Gasteiger partial charge in [0, 0.05) is 18.2 Å². The first kappa shape index (κ1) is 11.9. The Balaban J connectivity index is 1.92. The summed E-state index contributed by atoms with van der Waals surface area (Å²) < 4.78 is 5.23. The first-order valence-corrected chi connectivity index (χ1v) is 6.75. The molecule has 4 heteroatoms. The van der Waals surface area contributed by atoms with Gasteiger partial charge in [0.2, 0.25) is 5.89 Å². The lowest BCUT2D eigenvalue weighted by molar-refractivity contribution is 0.368. The van der Waals surface area contributed by atoms with Crippen LogP contribution in [0, 0.1) is 5.92 Å². The molecule has 0 aliphatic heterocycles. The lowest BCUT2D eigenvalue weighted by Crippen LogP contribution is -1.97. The molecule has 2 unspecified atom stereocenters. The Morgan fingerprint density at radius 2 is 2.31 bits per heavy atom. The van der Waals surface area contributed by atoms with E-state index in [0.29, 0.717) is 11.8 Å². The van der Waals surface area contributed by atoms with Gasteiger partial charge in [-0.1, -0.05) is 18.5 Å². The highest BCUT2D eigenvalue weighted by Gasteiger charge is 2.28. The van der Waals surface area contributed by atoms with Crippen molar-refractivity contribution in [1.82, 2.24) is 10.1 Å². The fourth-order valence-corrected chi connectivity index (χ4v) is 2.57.